The van der Waals surface area contributed by atoms with Crippen LogP contribution in [-0.4, -0.2) is 34.9 Å². The Hall–Kier alpha value is -3.33. The number of methoxy groups -OCH3 is 2. The van der Waals surface area contributed by atoms with Gasteiger partial charge in [-0.2, -0.15) is 10.1 Å². The minimum Gasteiger partial charge on any atom is -0.496 e. The number of nitrogens with one attached hydrogen (secondary N) is 2. The van der Waals surface area contributed by atoms with Gasteiger partial charge in [0.05, 0.1) is 25.5 Å². The summed E-state index contributed by atoms with van der Waals surface area (Å²) in [5, 5.41) is 10.5. The molecule has 0 bridgehead atoms. The van der Waals surface area contributed by atoms with Crippen LogP contribution in [0.2, 0.25) is 0 Å². The predicted molar refractivity (Wildman–Crippen MR) is 117 cm³/mol. The Morgan fingerprint density at radius 1 is 1.17 bits per heavy atom. The highest BCUT2D eigenvalue weighted by Gasteiger charge is 2.35. The van der Waals surface area contributed by atoms with Crippen molar-refractivity contribution in [2.75, 3.05) is 24.9 Å². The lowest BCUT2D eigenvalue weighted by Crippen LogP contribution is -2.31. The molecule has 0 fully saturated rings. The van der Waals surface area contributed by atoms with Crippen molar-refractivity contribution in [3.8, 4) is 11.5 Å². The van der Waals surface area contributed by atoms with Crippen molar-refractivity contribution in [2.24, 2.45) is 0 Å². The normalized spacial score (nSPS) is 15.3. The zero-order valence-corrected chi connectivity index (χ0v) is 18.2. The molecule has 0 saturated heterocycles. The van der Waals surface area contributed by atoms with Crippen molar-refractivity contribution in [3.05, 3.63) is 70.1 Å². The number of amides is 1. The number of carbonyl (C=O) groups is 1. The fourth-order valence-corrected chi connectivity index (χ4v) is 3.91. The van der Waals surface area contributed by atoms with E-state index in [1.54, 1.807) is 31.0 Å². The fourth-order valence-electron chi connectivity index (χ4n) is 3.53. The third kappa shape index (κ3) is 3.52. The number of hydrogen-bond donors (Lipinski definition) is 2. The molecule has 1 aliphatic rings. The summed E-state index contributed by atoms with van der Waals surface area (Å²) in [6, 6.07) is 12.4. The zero-order valence-electron chi connectivity index (χ0n) is 16.6. The molecule has 1 atom stereocenters. The van der Waals surface area contributed by atoms with Gasteiger partial charge in [0.25, 0.3) is 5.91 Å². The highest BCUT2D eigenvalue weighted by Crippen LogP contribution is 2.40. The van der Waals surface area contributed by atoms with E-state index in [4.69, 9.17) is 9.47 Å². The molecule has 3 aromatic rings. The van der Waals surface area contributed by atoms with E-state index < -0.39 is 6.04 Å². The fraction of sp³-hybridized carbons (Fsp3) is 0.190. The molecular formula is C21H20BrN5O3. The average Bonchev–Trinajstić information content (AvgIpc) is 3.21. The summed E-state index contributed by atoms with van der Waals surface area (Å²) < 4.78 is 13.5. The van der Waals surface area contributed by atoms with Crippen LogP contribution < -0.4 is 20.1 Å². The molecule has 4 rings (SSSR count). The second-order valence-corrected chi connectivity index (χ2v) is 7.55. The van der Waals surface area contributed by atoms with Crippen molar-refractivity contribution in [3.63, 3.8) is 0 Å². The molecule has 0 aliphatic carbocycles. The van der Waals surface area contributed by atoms with Crippen LogP contribution in [0.4, 0.5) is 11.6 Å². The van der Waals surface area contributed by atoms with E-state index in [0.29, 0.717) is 34.4 Å². The molecule has 2 aromatic carbocycles. The Balaban J connectivity index is 1.82. The van der Waals surface area contributed by atoms with Crippen molar-refractivity contribution in [2.45, 2.75) is 13.0 Å². The van der Waals surface area contributed by atoms with Gasteiger partial charge in [-0.05, 0) is 37.3 Å². The first-order chi connectivity index (χ1) is 14.5. The topological polar surface area (TPSA) is 90.3 Å². The highest BCUT2D eigenvalue weighted by atomic mass is 79.9. The second kappa shape index (κ2) is 8.19. The molecule has 0 unspecified atom stereocenters. The van der Waals surface area contributed by atoms with Gasteiger partial charge in [-0.25, -0.2) is 4.68 Å². The van der Waals surface area contributed by atoms with Gasteiger partial charge in [0.15, 0.2) is 0 Å². The maximum atomic E-state index is 13.5. The summed E-state index contributed by atoms with van der Waals surface area (Å²) in [7, 11) is 3.16. The van der Waals surface area contributed by atoms with Gasteiger partial charge in [0.1, 0.15) is 23.9 Å². The Kier molecular flexibility index (Phi) is 5.45. The number of hydrogen-bond acceptors (Lipinski definition) is 6. The summed E-state index contributed by atoms with van der Waals surface area (Å²) in [4.78, 5) is 17.7. The number of rotatable bonds is 5. The molecule has 2 heterocycles. The van der Waals surface area contributed by atoms with Gasteiger partial charge in [0, 0.05) is 15.7 Å². The first kappa shape index (κ1) is 20.0. The van der Waals surface area contributed by atoms with Gasteiger partial charge in [-0.1, -0.05) is 28.1 Å². The van der Waals surface area contributed by atoms with Crippen LogP contribution in [0.5, 0.6) is 11.5 Å². The molecule has 0 spiro atoms. The maximum absolute atomic E-state index is 13.5. The molecule has 30 heavy (non-hydrogen) atoms. The van der Waals surface area contributed by atoms with Crippen LogP contribution in [0.25, 0.3) is 0 Å². The van der Waals surface area contributed by atoms with Crippen molar-refractivity contribution < 1.29 is 14.3 Å². The number of para-hydroxylation sites is 2. The maximum Gasteiger partial charge on any atom is 0.255 e. The molecule has 8 nitrogen and oxygen atoms in total. The van der Waals surface area contributed by atoms with Gasteiger partial charge < -0.3 is 20.1 Å². The Morgan fingerprint density at radius 2 is 1.93 bits per heavy atom. The minimum atomic E-state index is -0.536. The van der Waals surface area contributed by atoms with Crippen LogP contribution >= 0.6 is 15.9 Å². The van der Waals surface area contributed by atoms with E-state index in [1.807, 2.05) is 37.3 Å². The van der Waals surface area contributed by atoms with Gasteiger partial charge in [0.2, 0.25) is 5.95 Å². The highest BCUT2D eigenvalue weighted by molar-refractivity contribution is 9.10. The number of anilines is 2. The molecule has 1 aromatic heterocycles. The number of nitrogens with zero attached hydrogens (tertiary/aromatic N) is 3. The third-order valence-electron chi connectivity index (χ3n) is 4.88. The first-order valence-electron chi connectivity index (χ1n) is 9.18. The molecule has 1 amide bonds. The summed E-state index contributed by atoms with van der Waals surface area (Å²) in [5.41, 5.74) is 2.53. The Labute approximate surface area is 182 Å². The van der Waals surface area contributed by atoms with Crippen LogP contribution in [0.1, 0.15) is 18.5 Å². The lowest BCUT2D eigenvalue weighted by Gasteiger charge is -2.29. The van der Waals surface area contributed by atoms with Gasteiger partial charge in [-0.15, -0.1) is 0 Å². The summed E-state index contributed by atoms with van der Waals surface area (Å²) in [6.45, 7) is 1.84. The number of aromatic nitrogens is 3. The molecular weight excluding hydrogens is 450 g/mol. The smallest absolute Gasteiger partial charge is 0.255 e. The molecule has 0 radical (unpaired) electrons. The number of halogens is 1. The van der Waals surface area contributed by atoms with Crippen molar-refractivity contribution in [1.29, 1.82) is 0 Å². The molecule has 2 N–H and O–H groups in total. The van der Waals surface area contributed by atoms with Crippen LogP contribution in [0.3, 0.4) is 0 Å². The summed E-state index contributed by atoms with van der Waals surface area (Å²) in [6.07, 6.45) is 1.45. The zero-order chi connectivity index (χ0) is 21.3. The lowest BCUT2D eigenvalue weighted by molar-refractivity contribution is -0.113. The van der Waals surface area contributed by atoms with E-state index in [0.717, 1.165) is 10.0 Å². The monoisotopic (exact) mass is 469 g/mol. The number of ether oxygens (including phenoxy) is 2. The van der Waals surface area contributed by atoms with Crippen LogP contribution in [-0.2, 0) is 4.79 Å². The average molecular weight is 470 g/mol. The SMILES string of the molecule is COc1ccccc1NC(=O)C1=C(C)Nc2ncnn2[C@H]1c1cc(Br)ccc1OC. The van der Waals surface area contributed by atoms with Gasteiger partial charge in [-0.3, -0.25) is 4.79 Å². The quantitative estimate of drug-likeness (QED) is 0.587. The van der Waals surface area contributed by atoms with E-state index in [2.05, 4.69) is 36.6 Å². The number of carbonyl (C=O) groups excluding carboxylic acids is 1. The van der Waals surface area contributed by atoms with Crippen LogP contribution in [0, 0.1) is 0 Å². The van der Waals surface area contributed by atoms with Crippen molar-refractivity contribution in [1.82, 2.24) is 14.8 Å². The number of fused-ring (bicyclic) bond motifs is 1. The second-order valence-electron chi connectivity index (χ2n) is 6.64. The largest absolute Gasteiger partial charge is 0.496 e. The summed E-state index contributed by atoms with van der Waals surface area (Å²) >= 11 is 3.52. The molecule has 1 aliphatic heterocycles. The lowest BCUT2D eigenvalue weighted by atomic mass is 9.94. The third-order valence-corrected chi connectivity index (χ3v) is 5.37. The number of benzene rings is 2. The molecule has 154 valence electrons. The van der Waals surface area contributed by atoms with Gasteiger partial charge >= 0.3 is 0 Å². The van der Waals surface area contributed by atoms with E-state index >= 15 is 0 Å². The Morgan fingerprint density at radius 3 is 2.70 bits per heavy atom. The summed E-state index contributed by atoms with van der Waals surface area (Å²) in [5.74, 6) is 1.49. The van der Waals surface area contributed by atoms with E-state index in [-0.39, 0.29) is 5.91 Å². The molecule has 9 heteroatoms. The van der Waals surface area contributed by atoms with Crippen LogP contribution in [0.15, 0.2) is 64.5 Å². The standard InChI is InChI=1S/C21H20BrN5O3/c1-12-18(20(28)26-15-6-4-5-7-17(15)30-3)19(27-21(25-12)23-11-24-27)14-10-13(22)8-9-16(14)29-2/h4-11,19H,1-3H3,(H,26,28)(H,23,24,25)/t19-/m0/s1. The minimum absolute atomic E-state index is 0.280. The van der Waals surface area contributed by atoms with Crippen molar-refractivity contribution >= 4 is 33.5 Å². The Bertz CT molecular complexity index is 1140. The first-order valence-corrected chi connectivity index (χ1v) is 9.98. The molecule has 0 saturated carbocycles. The predicted octanol–water partition coefficient (Wildman–Crippen LogP) is 3.99. The van der Waals surface area contributed by atoms with E-state index in [9.17, 15) is 4.79 Å². The van der Waals surface area contributed by atoms with E-state index in [1.165, 1.54) is 6.33 Å². The number of allylic oxidation sites excluding steroid dienone is 1.